The molecule has 1 amide bonds. The van der Waals surface area contributed by atoms with E-state index < -0.39 is 0 Å². The summed E-state index contributed by atoms with van der Waals surface area (Å²) in [7, 11) is 0. The lowest BCUT2D eigenvalue weighted by atomic mass is 10.0. The standard InChI is InChI=1S/C20H21F2NOS/c21-17-8-4-15(5-9-17)20(16-6-10-18(22)11-7-16)25-14-19(24)23-12-2-1-3-13-23/h4-11,20H,1-3,12-14H2. The fourth-order valence-electron chi connectivity index (χ4n) is 3.05. The molecule has 5 heteroatoms. The zero-order chi connectivity index (χ0) is 17.6. The number of amides is 1. The van der Waals surface area contributed by atoms with E-state index in [1.165, 1.54) is 42.4 Å². The van der Waals surface area contributed by atoms with E-state index in [4.69, 9.17) is 0 Å². The van der Waals surface area contributed by atoms with Gasteiger partial charge in [0.15, 0.2) is 0 Å². The molecule has 1 aliphatic rings. The summed E-state index contributed by atoms with van der Waals surface area (Å²) in [6.45, 7) is 1.66. The van der Waals surface area contributed by atoms with Gasteiger partial charge in [-0.2, -0.15) is 0 Å². The summed E-state index contributed by atoms with van der Waals surface area (Å²) in [5, 5.41) is -0.130. The molecule has 2 aromatic carbocycles. The first kappa shape index (κ1) is 17.9. The minimum absolute atomic E-state index is 0.130. The average Bonchev–Trinajstić information content (AvgIpc) is 2.65. The van der Waals surface area contributed by atoms with E-state index in [1.807, 2.05) is 4.90 Å². The number of hydrogen-bond donors (Lipinski definition) is 0. The summed E-state index contributed by atoms with van der Waals surface area (Å²) in [6, 6.07) is 12.6. The lowest BCUT2D eigenvalue weighted by Crippen LogP contribution is -2.36. The smallest absolute Gasteiger partial charge is 0.232 e. The molecule has 0 aromatic heterocycles. The van der Waals surface area contributed by atoms with Gasteiger partial charge in [-0.05, 0) is 54.7 Å². The number of piperidine rings is 1. The largest absolute Gasteiger partial charge is 0.342 e. The van der Waals surface area contributed by atoms with Gasteiger partial charge in [0.25, 0.3) is 0 Å². The SMILES string of the molecule is O=C(CSC(c1ccc(F)cc1)c1ccc(F)cc1)N1CCCCC1. The highest BCUT2D eigenvalue weighted by atomic mass is 32.2. The molecule has 1 aliphatic heterocycles. The van der Waals surface area contributed by atoms with E-state index in [2.05, 4.69) is 0 Å². The summed E-state index contributed by atoms with van der Waals surface area (Å²) in [6.07, 6.45) is 3.32. The third-order valence-corrected chi connectivity index (χ3v) is 5.72. The number of thioether (sulfide) groups is 1. The van der Waals surface area contributed by atoms with Gasteiger partial charge < -0.3 is 4.90 Å². The molecule has 0 saturated carbocycles. The van der Waals surface area contributed by atoms with E-state index in [0.29, 0.717) is 5.75 Å². The summed E-state index contributed by atoms with van der Waals surface area (Å²) in [4.78, 5) is 14.4. The second-order valence-electron chi connectivity index (χ2n) is 6.24. The number of hydrogen-bond acceptors (Lipinski definition) is 2. The van der Waals surface area contributed by atoms with Crippen molar-refractivity contribution in [1.82, 2.24) is 4.90 Å². The minimum Gasteiger partial charge on any atom is -0.342 e. The molecule has 25 heavy (non-hydrogen) atoms. The predicted octanol–water partition coefficient (Wildman–Crippen LogP) is 4.80. The number of nitrogens with zero attached hydrogens (tertiary/aromatic N) is 1. The molecule has 1 heterocycles. The van der Waals surface area contributed by atoms with Crippen molar-refractivity contribution in [3.63, 3.8) is 0 Å². The van der Waals surface area contributed by atoms with Crippen LogP contribution in [-0.4, -0.2) is 29.6 Å². The highest BCUT2D eigenvalue weighted by Gasteiger charge is 2.21. The van der Waals surface area contributed by atoms with Gasteiger partial charge in [-0.3, -0.25) is 4.79 Å². The Labute approximate surface area is 151 Å². The second-order valence-corrected chi connectivity index (χ2v) is 7.33. The summed E-state index contributed by atoms with van der Waals surface area (Å²) >= 11 is 1.51. The zero-order valence-electron chi connectivity index (χ0n) is 14.0. The molecule has 0 radical (unpaired) electrons. The van der Waals surface area contributed by atoms with Crippen LogP contribution in [0.1, 0.15) is 35.6 Å². The van der Waals surface area contributed by atoms with Crippen molar-refractivity contribution in [2.24, 2.45) is 0 Å². The molecule has 1 fully saturated rings. The van der Waals surface area contributed by atoms with Crippen LogP contribution in [0.2, 0.25) is 0 Å². The Morgan fingerprint density at radius 2 is 1.36 bits per heavy atom. The fourth-order valence-corrected chi connectivity index (χ4v) is 4.24. The quantitative estimate of drug-likeness (QED) is 0.762. The molecule has 2 nitrogen and oxygen atoms in total. The van der Waals surface area contributed by atoms with Crippen LogP contribution < -0.4 is 0 Å². The van der Waals surface area contributed by atoms with Crippen molar-refractivity contribution < 1.29 is 13.6 Å². The number of halogens is 2. The maximum absolute atomic E-state index is 13.2. The molecular formula is C20H21F2NOS. The molecule has 0 aliphatic carbocycles. The van der Waals surface area contributed by atoms with Crippen molar-refractivity contribution in [3.8, 4) is 0 Å². The molecule has 1 saturated heterocycles. The molecular weight excluding hydrogens is 340 g/mol. The van der Waals surface area contributed by atoms with Gasteiger partial charge >= 0.3 is 0 Å². The second kappa shape index (κ2) is 8.48. The molecule has 132 valence electrons. The third kappa shape index (κ3) is 4.82. The van der Waals surface area contributed by atoms with Crippen molar-refractivity contribution >= 4 is 17.7 Å². The number of carbonyl (C=O) groups excluding carboxylic acids is 1. The van der Waals surface area contributed by atoms with Gasteiger partial charge in [0.2, 0.25) is 5.91 Å². The first-order chi connectivity index (χ1) is 12.1. The number of rotatable bonds is 5. The van der Waals surface area contributed by atoms with Crippen molar-refractivity contribution in [1.29, 1.82) is 0 Å². The van der Waals surface area contributed by atoms with Gasteiger partial charge in [-0.1, -0.05) is 24.3 Å². The number of benzene rings is 2. The fraction of sp³-hybridized carbons (Fsp3) is 0.350. The van der Waals surface area contributed by atoms with Crippen molar-refractivity contribution in [2.45, 2.75) is 24.5 Å². The van der Waals surface area contributed by atoms with Crippen LogP contribution >= 0.6 is 11.8 Å². The Hall–Kier alpha value is -1.88. The maximum Gasteiger partial charge on any atom is 0.232 e. The molecule has 0 bridgehead atoms. The van der Waals surface area contributed by atoms with Crippen molar-refractivity contribution in [3.05, 3.63) is 71.3 Å². The molecule has 0 unspecified atom stereocenters. The summed E-state index contributed by atoms with van der Waals surface area (Å²) in [5.74, 6) is -0.0923. The van der Waals surface area contributed by atoms with Crippen LogP contribution in [0.3, 0.4) is 0 Å². The lowest BCUT2D eigenvalue weighted by Gasteiger charge is -2.27. The molecule has 3 rings (SSSR count). The molecule has 0 N–H and O–H groups in total. The molecule has 2 aromatic rings. The van der Waals surface area contributed by atoms with Gasteiger partial charge in [0, 0.05) is 13.1 Å². The highest BCUT2D eigenvalue weighted by Crippen LogP contribution is 2.36. The van der Waals surface area contributed by atoms with Crippen LogP contribution in [0.5, 0.6) is 0 Å². The van der Waals surface area contributed by atoms with Crippen LogP contribution in [0.25, 0.3) is 0 Å². The van der Waals surface area contributed by atoms with Gasteiger partial charge in [-0.15, -0.1) is 11.8 Å². The Morgan fingerprint density at radius 3 is 1.84 bits per heavy atom. The topological polar surface area (TPSA) is 20.3 Å². The molecule has 0 atom stereocenters. The van der Waals surface area contributed by atoms with Gasteiger partial charge in [0.05, 0.1) is 11.0 Å². The third-order valence-electron chi connectivity index (χ3n) is 4.43. The first-order valence-corrected chi connectivity index (χ1v) is 9.58. The van der Waals surface area contributed by atoms with Gasteiger partial charge in [-0.25, -0.2) is 8.78 Å². The monoisotopic (exact) mass is 361 g/mol. The Morgan fingerprint density at radius 1 is 0.880 bits per heavy atom. The van der Waals surface area contributed by atoms with E-state index >= 15 is 0 Å². The zero-order valence-corrected chi connectivity index (χ0v) is 14.8. The lowest BCUT2D eigenvalue weighted by molar-refractivity contribution is -0.129. The van der Waals surface area contributed by atoms with Gasteiger partial charge in [0.1, 0.15) is 11.6 Å². The Bertz CT molecular complexity index is 651. The first-order valence-electron chi connectivity index (χ1n) is 8.54. The Balaban J connectivity index is 1.75. The molecule has 0 spiro atoms. The van der Waals surface area contributed by atoms with Crippen LogP contribution in [0.4, 0.5) is 8.78 Å². The van der Waals surface area contributed by atoms with Crippen LogP contribution in [-0.2, 0) is 4.79 Å². The van der Waals surface area contributed by atoms with E-state index in [9.17, 15) is 13.6 Å². The number of carbonyl (C=O) groups is 1. The average molecular weight is 361 g/mol. The van der Waals surface area contributed by atoms with Crippen molar-refractivity contribution in [2.75, 3.05) is 18.8 Å². The number of likely N-dealkylation sites (tertiary alicyclic amines) is 1. The van der Waals surface area contributed by atoms with E-state index in [1.54, 1.807) is 24.3 Å². The Kier molecular flexibility index (Phi) is 6.08. The van der Waals surface area contributed by atoms with E-state index in [0.717, 1.165) is 37.1 Å². The predicted molar refractivity (Wildman–Crippen MR) is 97.5 cm³/mol. The minimum atomic E-state index is -0.295. The van der Waals surface area contributed by atoms with Crippen LogP contribution in [0.15, 0.2) is 48.5 Å². The normalized spacial score (nSPS) is 14.8. The van der Waals surface area contributed by atoms with Crippen LogP contribution in [0, 0.1) is 11.6 Å². The maximum atomic E-state index is 13.2. The summed E-state index contributed by atoms with van der Waals surface area (Å²) < 4.78 is 26.5. The summed E-state index contributed by atoms with van der Waals surface area (Å²) in [5.41, 5.74) is 1.81. The van der Waals surface area contributed by atoms with E-state index in [-0.39, 0.29) is 22.8 Å². The highest BCUT2D eigenvalue weighted by molar-refractivity contribution is 8.00.